The molecule has 0 aliphatic carbocycles. The highest BCUT2D eigenvalue weighted by atomic mass is 32.2. The largest absolute Gasteiger partial charge is 0.266 e. The van der Waals surface area contributed by atoms with Gasteiger partial charge in [0.05, 0.1) is 6.20 Å². The number of sulfonamides is 1. The Balaban J connectivity index is 2.59. The van der Waals surface area contributed by atoms with Crippen LogP contribution in [-0.2, 0) is 10.0 Å². The Hall–Kier alpha value is -0.880. The standard InChI is InChI=1S/C9H17N3O2S/c1-3-8(4-2)7-11-15(13,14)9-5-6-10-12-9/h5-6,8,11H,3-4,7H2,1-2H3,(H,10,12). The summed E-state index contributed by atoms with van der Waals surface area (Å²) < 4.78 is 25.9. The summed E-state index contributed by atoms with van der Waals surface area (Å²) in [7, 11) is -3.40. The quantitative estimate of drug-likeness (QED) is 0.770. The highest BCUT2D eigenvalue weighted by Gasteiger charge is 2.16. The van der Waals surface area contributed by atoms with Crippen molar-refractivity contribution in [1.29, 1.82) is 0 Å². The number of hydrogen-bond donors (Lipinski definition) is 2. The second-order valence-electron chi connectivity index (χ2n) is 3.46. The average molecular weight is 231 g/mol. The number of aromatic nitrogens is 2. The van der Waals surface area contributed by atoms with E-state index in [4.69, 9.17) is 0 Å². The summed E-state index contributed by atoms with van der Waals surface area (Å²) in [6, 6.07) is 1.44. The van der Waals surface area contributed by atoms with Crippen molar-refractivity contribution in [2.24, 2.45) is 5.92 Å². The lowest BCUT2D eigenvalue weighted by atomic mass is 10.0. The summed E-state index contributed by atoms with van der Waals surface area (Å²) in [6.07, 6.45) is 3.37. The number of aromatic amines is 1. The molecule has 0 unspecified atom stereocenters. The van der Waals surface area contributed by atoms with E-state index in [0.29, 0.717) is 12.5 Å². The Morgan fingerprint density at radius 1 is 1.47 bits per heavy atom. The lowest BCUT2D eigenvalue weighted by Crippen LogP contribution is -2.29. The Labute approximate surface area is 90.3 Å². The molecule has 1 aromatic heterocycles. The van der Waals surface area contributed by atoms with Crippen LogP contribution in [-0.4, -0.2) is 25.2 Å². The topological polar surface area (TPSA) is 74.8 Å². The minimum Gasteiger partial charge on any atom is -0.266 e. The van der Waals surface area contributed by atoms with Gasteiger partial charge in [-0.2, -0.15) is 5.10 Å². The first kappa shape index (κ1) is 12.2. The van der Waals surface area contributed by atoms with Gasteiger partial charge in [0.1, 0.15) is 0 Å². The molecule has 1 rings (SSSR count). The monoisotopic (exact) mass is 231 g/mol. The minimum absolute atomic E-state index is 0.119. The number of nitrogens with zero attached hydrogens (tertiary/aromatic N) is 1. The Morgan fingerprint density at radius 3 is 2.60 bits per heavy atom. The van der Waals surface area contributed by atoms with Gasteiger partial charge in [0.2, 0.25) is 0 Å². The molecule has 0 bridgehead atoms. The molecular formula is C9H17N3O2S. The van der Waals surface area contributed by atoms with Crippen LogP contribution in [0.15, 0.2) is 17.3 Å². The maximum Gasteiger partial charge on any atom is 0.257 e. The molecule has 0 saturated heterocycles. The summed E-state index contributed by atoms with van der Waals surface area (Å²) in [5.74, 6) is 0.391. The van der Waals surface area contributed by atoms with Crippen LogP contribution < -0.4 is 4.72 Å². The molecule has 0 spiro atoms. The second kappa shape index (κ2) is 5.27. The Morgan fingerprint density at radius 2 is 2.13 bits per heavy atom. The first-order chi connectivity index (χ1) is 7.10. The van der Waals surface area contributed by atoms with E-state index in [2.05, 4.69) is 28.8 Å². The van der Waals surface area contributed by atoms with Crippen molar-refractivity contribution in [1.82, 2.24) is 14.9 Å². The minimum atomic E-state index is -3.40. The first-order valence-electron chi connectivity index (χ1n) is 5.09. The molecule has 1 heterocycles. The summed E-state index contributed by atoms with van der Waals surface area (Å²) in [6.45, 7) is 4.59. The van der Waals surface area contributed by atoms with Crippen molar-refractivity contribution in [3.05, 3.63) is 12.3 Å². The van der Waals surface area contributed by atoms with Gasteiger partial charge in [-0.05, 0) is 12.0 Å². The molecular weight excluding hydrogens is 214 g/mol. The van der Waals surface area contributed by atoms with Crippen LogP contribution >= 0.6 is 0 Å². The van der Waals surface area contributed by atoms with Crippen LogP contribution in [0.2, 0.25) is 0 Å². The third-order valence-electron chi connectivity index (χ3n) is 2.48. The van der Waals surface area contributed by atoms with Gasteiger partial charge in [-0.3, -0.25) is 5.10 Å². The van der Waals surface area contributed by atoms with Crippen molar-refractivity contribution in [3.8, 4) is 0 Å². The summed E-state index contributed by atoms with van der Waals surface area (Å²) in [4.78, 5) is 0. The molecule has 0 atom stereocenters. The molecule has 6 heteroatoms. The SMILES string of the molecule is CCC(CC)CNS(=O)(=O)c1ccn[nH]1. The van der Waals surface area contributed by atoms with Crippen LogP contribution in [0.25, 0.3) is 0 Å². The van der Waals surface area contributed by atoms with Gasteiger partial charge in [-0.15, -0.1) is 0 Å². The van der Waals surface area contributed by atoms with Gasteiger partial charge in [-0.25, -0.2) is 13.1 Å². The third kappa shape index (κ3) is 3.32. The van der Waals surface area contributed by atoms with Gasteiger partial charge < -0.3 is 0 Å². The number of nitrogens with one attached hydrogen (secondary N) is 2. The van der Waals surface area contributed by atoms with Crippen molar-refractivity contribution in [3.63, 3.8) is 0 Å². The van der Waals surface area contributed by atoms with E-state index in [0.717, 1.165) is 12.8 Å². The maximum absolute atomic E-state index is 11.6. The van der Waals surface area contributed by atoms with Crippen LogP contribution in [0.3, 0.4) is 0 Å². The van der Waals surface area contributed by atoms with Gasteiger partial charge in [-0.1, -0.05) is 26.7 Å². The molecule has 0 radical (unpaired) electrons. The maximum atomic E-state index is 11.6. The van der Waals surface area contributed by atoms with E-state index >= 15 is 0 Å². The van der Waals surface area contributed by atoms with Crippen molar-refractivity contribution in [2.75, 3.05) is 6.54 Å². The van der Waals surface area contributed by atoms with Gasteiger partial charge >= 0.3 is 0 Å². The van der Waals surface area contributed by atoms with E-state index in [9.17, 15) is 8.42 Å². The number of H-pyrrole nitrogens is 1. The second-order valence-corrected chi connectivity index (χ2v) is 5.19. The Bertz CT molecular complexity index is 368. The van der Waals surface area contributed by atoms with E-state index in [1.165, 1.54) is 12.3 Å². The molecule has 0 aromatic carbocycles. The number of rotatable bonds is 6. The first-order valence-corrected chi connectivity index (χ1v) is 6.57. The van der Waals surface area contributed by atoms with Crippen molar-refractivity contribution < 1.29 is 8.42 Å². The zero-order valence-corrected chi connectivity index (χ0v) is 9.84. The fraction of sp³-hybridized carbons (Fsp3) is 0.667. The normalized spacial score (nSPS) is 12.2. The van der Waals surface area contributed by atoms with Crippen LogP contribution in [0.1, 0.15) is 26.7 Å². The van der Waals surface area contributed by atoms with E-state index < -0.39 is 10.0 Å². The molecule has 5 nitrogen and oxygen atoms in total. The summed E-state index contributed by atoms with van der Waals surface area (Å²) in [5.41, 5.74) is 0. The Kier molecular flexibility index (Phi) is 4.28. The molecule has 0 amide bonds. The summed E-state index contributed by atoms with van der Waals surface area (Å²) in [5, 5.41) is 6.17. The zero-order chi connectivity index (χ0) is 11.3. The molecule has 86 valence electrons. The van der Waals surface area contributed by atoms with Gasteiger partial charge in [0.25, 0.3) is 10.0 Å². The van der Waals surface area contributed by atoms with Crippen LogP contribution in [0.4, 0.5) is 0 Å². The molecule has 2 N–H and O–H groups in total. The fourth-order valence-corrected chi connectivity index (χ4v) is 2.30. The van der Waals surface area contributed by atoms with Crippen LogP contribution in [0, 0.1) is 5.92 Å². The van der Waals surface area contributed by atoms with E-state index in [1.807, 2.05) is 0 Å². The van der Waals surface area contributed by atoms with Gasteiger partial charge in [0, 0.05) is 6.54 Å². The third-order valence-corrected chi connectivity index (χ3v) is 3.83. The molecule has 0 saturated carbocycles. The summed E-state index contributed by atoms with van der Waals surface area (Å²) >= 11 is 0. The molecule has 15 heavy (non-hydrogen) atoms. The predicted molar refractivity (Wildman–Crippen MR) is 57.8 cm³/mol. The average Bonchev–Trinajstić information content (AvgIpc) is 2.72. The molecule has 0 aliphatic rings. The predicted octanol–water partition coefficient (Wildman–Crippen LogP) is 1.12. The molecule has 0 fully saturated rings. The van der Waals surface area contributed by atoms with E-state index in [1.54, 1.807) is 0 Å². The molecule has 1 aromatic rings. The smallest absolute Gasteiger partial charge is 0.257 e. The molecule has 0 aliphatic heterocycles. The number of hydrogen-bond acceptors (Lipinski definition) is 3. The van der Waals surface area contributed by atoms with Crippen molar-refractivity contribution in [2.45, 2.75) is 31.7 Å². The zero-order valence-electron chi connectivity index (χ0n) is 9.03. The van der Waals surface area contributed by atoms with Crippen molar-refractivity contribution >= 4 is 10.0 Å². The van der Waals surface area contributed by atoms with Gasteiger partial charge in [0.15, 0.2) is 5.03 Å². The highest BCUT2D eigenvalue weighted by Crippen LogP contribution is 2.08. The van der Waals surface area contributed by atoms with Crippen LogP contribution in [0.5, 0.6) is 0 Å². The highest BCUT2D eigenvalue weighted by molar-refractivity contribution is 7.89. The fourth-order valence-electron chi connectivity index (χ4n) is 1.28. The van der Waals surface area contributed by atoms with E-state index in [-0.39, 0.29) is 5.03 Å². The lowest BCUT2D eigenvalue weighted by Gasteiger charge is -2.12. The lowest BCUT2D eigenvalue weighted by molar-refractivity contribution is 0.478.